The number of hydrogen-bond acceptors (Lipinski definition) is 2. The summed E-state index contributed by atoms with van der Waals surface area (Å²) in [7, 11) is 0. The van der Waals surface area contributed by atoms with Gasteiger partial charge in [-0.1, -0.05) is 19.6 Å². The molecule has 0 unspecified atom stereocenters. The van der Waals surface area contributed by atoms with Crippen LogP contribution in [0.4, 0.5) is 0 Å². The van der Waals surface area contributed by atoms with Crippen LogP contribution in [0.3, 0.4) is 0 Å². The number of rotatable bonds is 2. The Morgan fingerprint density at radius 2 is 2.06 bits per heavy atom. The Labute approximate surface area is 102 Å². The average molecular weight is 233 g/mol. The summed E-state index contributed by atoms with van der Waals surface area (Å²) in [5, 5.41) is 0. The van der Waals surface area contributed by atoms with E-state index in [-0.39, 0.29) is 5.91 Å². The summed E-state index contributed by atoms with van der Waals surface area (Å²) in [4.78, 5) is 16.6. The van der Waals surface area contributed by atoms with Crippen LogP contribution in [-0.2, 0) is 4.79 Å². The molecule has 1 aromatic rings. The molecule has 0 radical (unpaired) electrons. The van der Waals surface area contributed by atoms with Crippen molar-refractivity contribution in [3.8, 4) is 0 Å². The van der Waals surface area contributed by atoms with Crippen molar-refractivity contribution < 1.29 is 4.79 Å². The molecule has 1 saturated heterocycles. The van der Waals surface area contributed by atoms with Gasteiger partial charge >= 0.3 is 0 Å². The minimum atomic E-state index is 0.229. The Morgan fingerprint density at radius 1 is 1.24 bits per heavy atom. The van der Waals surface area contributed by atoms with E-state index in [0.29, 0.717) is 6.42 Å². The molecular formula is C13H19N3O. The molecule has 0 spiro atoms. The number of carbonyl (C=O) groups is 1. The van der Waals surface area contributed by atoms with Gasteiger partial charge in [0, 0.05) is 31.6 Å². The number of aromatic nitrogens is 2. The summed E-state index contributed by atoms with van der Waals surface area (Å²) in [6.45, 7) is 7.97. The van der Waals surface area contributed by atoms with Crippen molar-refractivity contribution in [2.75, 3.05) is 6.54 Å². The van der Waals surface area contributed by atoms with Crippen molar-refractivity contribution in [1.82, 2.24) is 14.5 Å². The first-order valence-corrected chi connectivity index (χ1v) is 5.80. The summed E-state index contributed by atoms with van der Waals surface area (Å²) >= 11 is 0. The molecule has 0 bridgehead atoms. The summed E-state index contributed by atoms with van der Waals surface area (Å²) in [6, 6.07) is 0. The maximum absolute atomic E-state index is 11.1. The smallest absolute Gasteiger partial charge is 0.226 e. The highest BCUT2D eigenvalue weighted by atomic mass is 16.2. The summed E-state index contributed by atoms with van der Waals surface area (Å²) in [6.07, 6.45) is 12.6. The monoisotopic (exact) mass is 233 g/mol. The van der Waals surface area contributed by atoms with Gasteiger partial charge in [-0.2, -0.15) is 0 Å². The molecule has 0 aliphatic carbocycles. The number of nitrogens with zero attached hydrogens (tertiary/aromatic N) is 3. The van der Waals surface area contributed by atoms with E-state index < -0.39 is 0 Å². The van der Waals surface area contributed by atoms with Gasteiger partial charge in [0.15, 0.2) is 0 Å². The van der Waals surface area contributed by atoms with Crippen LogP contribution in [0.25, 0.3) is 6.20 Å². The Kier molecular flexibility index (Phi) is 5.79. The van der Waals surface area contributed by atoms with Crippen LogP contribution in [-0.4, -0.2) is 26.9 Å². The Hall–Kier alpha value is -1.84. The Morgan fingerprint density at radius 3 is 2.59 bits per heavy atom. The zero-order valence-corrected chi connectivity index (χ0v) is 10.1. The van der Waals surface area contributed by atoms with Gasteiger partial charge in [0.1, 0.15) is 0 Å². The third kappa shape index (κ3) is 4.68. The minimum Gasteiger partial charge on any atom is -0.320 e. The molecule has 17 heavy (non-hydrogen) atoms. The van der Waals surface area contributed by atoms with Crippen LogP contribution in [0.2, 0.25) is 0 Å². The van der Waals surface area contributed by atoms with Gasteiger partial charge in [-0.05, 0) is 19.0 Å². The lowest BCUT2D eigenvalue weighted by Crippen LogP contribution is -2.23. The largest absolute Gasteiger partial charge is 0.320 e. The summed E-state index contributed by atoms with van der Waals surface area (Å²) in [5.41, 5.74) is 0. The molecule has 1 aliphatic rings. The maximum Gasteiger partial charge on any atom is 0.226 e. The second kappa shape index (κ2) is 7.44. The fraction of sp³-hybridized carbons (Fsp3) is 0.385. The first-order chi connectivity index (χ1) is 8.27. The van der Waals surface area contributed by atoms with Crippen LogP contribution in [0.1, 0.15) is 25.7 Å². The Balaban J connectivity index is 0.000000181. The van der Waals surface area contributed by atoms with E-state index in [2.05, 4.69) is 18.1 Å². The second-order valence-corrected chi connectivity index (χ2v) is 3.77. The summed E-state index contributed by atoms with van der Waals surface area (Å²) in [5.74, 6) is 0.229. The minimum absolute atomic E-state index is 0.229. The number of hydrogen-bond donors (Lipinski definition) is 0. The van der Waals surface area contributed by atoms with Crippen molar-refractivity contribution in [3.63, 3.8) is 0 Å². The van der Waals surface area contributed by atoms with Gasteiger partial charge in [0.05, 0.1) is 6.33 Å². The zero-order chi connectivity index (χ0) is 12.5. The fourth-order valence-corrected chi connectivity index (χ4v) is 1.57. The van der Waals surface area contributed by atoms with Crippen molar-refractivity contribution in [2.45, 2.75) is 25.7 Å². The van der Waals surface area contributed by atoms with Gasteiger partial charge in [-0.3, -0.25) is 4.79 Å². The lowest BCUT2D eigenvalue weighted by atomic mass is 10.2. The number of likely N-dealkylation sites (tertiary alicyclic amines) is 1. The lowest BCUT2D eigenvalue weighted by Gasteiger charge is -2.13. The number of amides is 1. The molecule has 4 heteroatoms. The van der Waals surface area contributed by atoms with Crippen molar-refractivity contribution >= 4 is 12.1 Å². The molecule has 0 atom stereocenters. The second-order valence-electron chi connectivity index (χ2n) is 3.77. The SMILES string of the molecule is C=CN1CCCCCC1=O.C=Cn1ccnc1. The molecule has 2 heterocycles. The van der Waals surface area contributed by atoms with Crippen molar-refractivity contribution in [1.29, 1.82) is 0 Å². The highest BCUT2D eigenvalue weighted by molar-refractivity contribution is 5.77. The molecule has 1 aromatic heterocycles. The van der Waals surface area contributed by atoms with Gasteiger partial charge in [-0.15, -0.1) is 0 Å². The fourth-order valence-electron chi connectivity index (χ4n) is 1.57. The van der Waals surface area contributed by atoms with E-state index in [9.17, 15) is 4.79 Å². The first-order valence-electron chi connectivity index (χ1n) is 5.80. The van der Waals surface area contributed by atoms with E-state index in [4.69, 9.17) is 0 Å². The van der Waals surface area contributed by atoms with E-state index in [0.717, 1.165) is 19.4 Å². The topological polar surface area (TPSA) is 38.1 Å². The van der Waals surface area contributed by atoms with Gasteiger partial charge in [0.25, 0.3) is 0 Å². The molecular weight excluding hydrogens is 214 g/mol. The molecule has 2 rings (SSSR count). The lowest BCUT2D eigenvalue weighted by molar-refractivity contribution is -0.128. The van der Waals surface area contributed by atoms with Crippen LogP contribution >= 0.6 is 0 Å². The van der Waals surface area contributed by atoms with Crippen molar-refractivity contribution in [2.24, 2.45) is 0 Å². The van der Waals surface area contributed by atoms with Crippen LogP contribution in [0.15, 0.2) is 38.1 Å². The Bertz CT molecular complexity index is 357. The molecule has 0 N–H and O–H groups in total. The molecule has 1 aliphatic heterocycles. The quantitative estimate of drug-likeness (QED) is 0.787. The zero-order valence-electron chi connectivity index (χ0n) is 10.1. The third-order valence-corrected chi connectivity index (χ3v) is 2.57. The normalized spacial score (nSPS) is 15.5. The molecule has 0 saturated carbocycles. The van der Waals surface area contributed by atoms with Crippen LogP contribution in [0.5, 0.6) is 0 Å². The van der Waals surface area contributed by atoms with Crippen LogP contribution < -0.4 is 0 Å². The predicted octanol–water partition coefficient (Wildman–Crippen LogP) is 2.52. The molecule has 92 valence electrons. The average Bonchev–Trinajstić information content (AvgIpc) is 2.79. The molecule has 4 nitrogen and oxygen atoms in total. The standard InChI is InChI=1S/C8H13NO.C5H6N2/c1-2-9-7-5-3-4-6-8(9)10;1-2-7-4-3-6-5-7/h2H,1,3-7H2;2-5H,1H2. The third-order valence-electron chi connectivity index (χ3n) is 2.57. The maximum atomic E-state index is 11.1. The molecule has 1 fully saturated rings. The summed E-state index contributed by atoms with van der Waals surface area (Å²) < 4.78 is 1.78. The first kappa shape index (κ1) is 13.2. The number of carbonyl (C=O) groups excluding carboxylic acids is 1. The van der Waals surface area contributed by atoms with Gasteiger partial charge in [0.2, 0.25) is 5.91 Å². The molecule has 0 aromatic carbocycles. The molecule has 1 amide bonds. The van der Waals surface area contributed by atoms with E-state index in [1.54, 1.807) is 34.4 Å². The van der Waals surface area contributed by atoms with E-state index in [1.165, 1.54) is 6.42 Å². The van der Waals surface area contributed by atoms with E-state index >= 15 is 0 Å². The highest BCUT2D eigenvalue weighted by Gasteiger charge is 2.12. The van der Waals surface area contributed by atoms with Gasteiger partial charge < -0.3 is 9.47 Å². The highest BCUT2D eigenvalue weighted by Crippen LogP contribution is 2.10. The number of imidazole rings is 1. The van der Waals surface area contributed by atoms with E-state index in [1.807, 2.05) is 6.20 Å². The van der Waals surface area contributed by atoms with Crippen molar-refractivity contribution in [3.05, 3.63) is 38.1 Å². The van der Waals surface area contributed by atoms with Gasteiger partial charge in [-0.25, -0.2) is 4.98 Å². The predicted molar refractivity (Wildman–Crippen MR) is 69.0 cm³/mol. The van der Waals surface area contributed by atoms with Crippen LogP contribution in [0, 0.1) is 0 Å².